The van der Waals surface area contributed by atoms with Gasteiger partial charge in [0, 0.05) is 45.5 Å². The molecule has 5 heterocycles. The summed E-state index contributed by atoms with van der Waals surface area (Å²) in [5, 5.41) is 7.88. The summed E-state index contributed by atoms with van der Waals surface area (Å²) in [6.45, 7) is 0.805. The first-order valence-electron chi connectivity index (χ1n) is 13.2. The highest BCUT2D eigenvalue weighted by atomic mass is 35.5. The smallest absolute Gasteiger partial charge is 0.250 e. The van der Waals surface area contributed by atoms with E-state index in [-0.39, 0.29) is 11.8 Å². The summed E-state index contributed by atoms with van der Waals surface area (Å²) in [6.07, 6.45) is 2.36. The summed E-state index contributed by atoms with van der Waals surface area (Å²) in [7, 11) is 0. The van der Waals surface area contributed by atoms with E-state index in [2.05, 4.69) is 15.6 Å². The molecule has 200 valence electrons. The minimum atomic E-state index is -1.45. The highest BCUT2D eigenvalue weighted by Crippen LogP contribution is 2.54. The number of nitrogens with one attached hydrogen (secondary N) is 3. The van der Waals surface area contributed by atoms with Gasteiger partial charge in [-0.3, -0.25) is 19.7 Å². The van der Waals surface area contributed by atoms with Crippen molar-refractivity contribution in [2.75, 3.05) is 23.4 Å². The molecule has 3 aromatic carbocycles. The van der Waals surface area contributed by atoms with Gasteiger partial charge in [0.05, 0.1) is 17.5 Å². The maximum atomic E-state index is 14.3. The average Bonchev–Trinajstić information content (AvgIpc) is 3.67. The first kappa shape index (κ1) is 23.5. The lowest BCUT2D eigenvalue weighted by molar-refractivity contribution is -0.130. The summed E-state index contributed by atoms with van der Waals surface area (Å²) >= 11 is 6.39. The van der Waals surface area contributed by atoms with Gasteiger partial charge in [-0.25, -0.2) is 4.90 Å². The number of amides is 3. The van der Waals surface area contributed by atoms with Crippen LogP contribution in [0.2, 0.25) is 5.02 Å². The van der Waals surface area contributed by atoms with Crippen LogP contribution in [-0.4, -0.2) is 42.0 Å². The summed E-state index contributed by atoms with van der Waals surface area (Å²) in [5.41, 5.74) is 2.06. The number of fused-ring (bicyclic) bond motifs is 6. The Kier molecular flexibility index (Phi) is 4.90. The van der Waals surface area contributed by atoms with Gasteiger partial charge in [0.25, 0.3) is 0 Å². The maximum absolute atomic E-state index is 14.3. The van der Waals surface area contributed by atoms with Crippen LogP contribution in [0.5, 0.6) is 11.5 Å². The molecule has 3 N–H and O–H groups in total. The molecular formula is C30H23ClN4O5. The Balaban J connectivity index is 1.27. The normalized spacial score (nSPS) is 26.5. The van der Waals surface area contributed by atoms with E-state index >= 15 is 0 Å². The molecule has 4 aliphatic rings. The van der Waals surface area contributed by atoms with Gasteiger partial charge in [0.1, 0.15) is 18.8 Å². The Morgan fingerprint density at radius 1 is 0.950 bits per heavy atom. The number of anilines is 2. The summed E-state index contributed by atoms with van der Waals surface area (Å²) in [5.74, 6) is -1.89. The number of aromatic amines is 1. The molecule has 4 aromatic rings. The molecule has 0 aliphatic carbocycles. The molecular weight excluding hydrogens is 532 g/mol. The average molecular weight is 555 g/mol. The number of para-hydroxylation sites is 1. The van der Waals surface area contributed by atoms with Crippen molar-refractivity contribution in [3.8, 4) is 11.5 Å². The molecule has 3 amide bonds. The molecule has 0 bridgehead atoms. The highest BCUT2D eigenvalue weighted by molar-refractivity contribution is 6.31. The minimum absolute atomic E-state index is 0.357. The van der Waals surface area contributed by atoms with E-state index in [4.69, 9.17) is 21.1 Å². The second kappa shape index (κ2) is 8.33. The van der Waals surface area contributed by atoms with Gasteiger partial charge in [-0.1, -0.05) is 29.8 Å². The first-order valence-corrected chi connectivity index (χ1v) is 13.5. The Hall–Kier alpha value is -4.34. The first-order chi connectivity index (χ1) is 19.5. The molecule has 2 saturated heterocycles. The molecule has 10 heteroatoms. The molecule has 1 aromatic heterocycles. The predicted octanol–water partition coefficient (Wildman–Crippen LogP) is 3.76. The van der Waals surface area contributed by atoms with Crippen LogP contribution < -0.4 is 25.0 Å². The SMILES string of the molecule is O=C1[C@@H]2[C@H](Cc3c[nH]c4ccccc34)N[C@]3(C(=O)Nc4ccc(Cl)cc43)[C@@H]2C(=O)N1c1ccc2c(c1)OCCO2. The van der Waals surface area contributed by atoms with Gasteiger partial charge in [-0.2, -0.15) is 0 Å². The zero-order chi connectivity index (χ0) is 27.2. The van der Waals surface area contributed by atoms with Crippen LogP contribution >= 0.6 is 11.6 Å². The number of benzene rings is 3. The molecule has 2 fully saturated rings. The van der Waals surface area contributed by atoms with Gasteiger partial charge in [-0.15, -0.1) is 0 Å². The lowest BCUT2D eigenvalue weighted by Crippen LogP contribution is -2.53. The second-order valence-electron chi connectivity index (χ2n) is 10.6. The van der Waals surface area contributed by atoms with Crippen molar-refractivity contribution in [2.24, 2.45) is 11.8 Å². The van der Waals surface area contributed by atoms with Crippen LogP contribution in [0.4, 0.5) is 11.4 Å². The van der Waals surface area contributed by atoms with Crippen molar-refractivity contribution in [3.63, 3.8) is 0 Å². The number of H-pyrrole nitrogens is 1. The molecule has 0 radical (unpaired) electrons. The largest absolute Gasteiger partial charge is 0.486 e. The number of aromatic nitrogens is 1. The zero-order valence-corrected chi connectivity index (χ0v) is 21.8. The van der Waals surface area contributed by atoms with Crippen LogP contribution in [-0.2, 0) is 26.3 Å². The number of halogens is 1. The Morgan fingerprint density at radius 2 is 1.77 bits per heavy atom. The molecule has 1 spiro atoms. The van der Waals surface area contributed by atoms with E-state index in [0.29, 0.717) is 53.1 Å². The van der Waals surface area contributed by atoms with Crippen molar-refractivity contribution in [3.05, 3.63) is 83.0 Å². The zero-order valence-electron chi connectivity index (χ0n) is 21.1. The van der Waals surface area contributed by atoms with E-state index in [1.165, 1.54) is 4.90 Å². The number of ether oxygens (including phenoxy) is 2. The van der Waals surface area contributed by atoms with Crippen LogP contribution in [0.1, 0.15) is 11.1 Å². The van der Waals surface area contributed by atoms with Crippen LogP contribution in [0.15, 0.2) is 66.9 Å². The Labute approximate surface area is 233 Å². The molecule has 0 unspecified atom stereocenters. The third-order valence-corrected chi connectivity index (χ3v) is 8.81. The number of hydrogen-bond acceptors (Lipinski definition) is 6. The van der Waals surface area contributed by atoms with Crippen molar-refractivity contribution < 1.29 is 23.9 Å². The molecule has 0 saturated carbocycles. The third kappa shape index (κ3) is 3.10. The van der Waals surface area contributed by atoms with Gasteiger partial charge in [0.2, 0.25) is 17.7 Å². The van der Waals surface area contributed by atoms with Crippen molar-refractivity contribution in [2.45, 2.75) is 18.0 Å². The fourth-order valence-electron chi connectivity index (χ4n) is 6.91. The van der Waals surface area contributed by atoms with Crippen molar-refractivity contribution in [1.29, 1.82) is 0 Å². The van der Waals surface area contributed by atoms with Crippen LogP contribution in [0.25, 0.3) is 10.9 Å². The van der Waals surface area contributed by atoms with Gasteiger partial charge in [-0.05, 0) is 48.4 Å². The molecule has 8 rings (SSSR count). The Bertz CT molecular complexity index is 1770. The Morgan fingerprint density at radius 3 is 2.65 bits per heavy atom. The fourth-order valence-corrected chi connectivity index (χ4v) is 7.08. The van der Waals surface area contributed by atoms with E-state index in [1.54, 1.807) is 36.4 Å². The van der Waals surface area contributed by atoms with E-state index in [0.717, 1.165) is 16.5 Å². The number of hydrogen-bond donors (Lipinski definition) is 3. The monoisotopic (exact) mass is 554 g/mol. The van der Waals surface area contributed by atoms with E-state index < -0.39 is 29.3 Å². The number of imide groups is 1. The number of rotatable bonds is 3. The minimum Gasteiger partial charge on any atom is -0.486 e. The van der Waals surface area contributed by atoms with Crippen molar-refractivity contribution in [1.82, 2.24) is 10.3 Å². The lowest BCUT2D eigenvalue weighted by Gasteiger charge is -2.30. The topological polar surface area (TPSA) is 113 Å². The quantitative estimate of drug-likeness (QED) is 0.332. The van der Waals surface area contributed by atoms with Gasteiger partial charge < -0.3 is 19.8 Å². The summed E-state index contributed by atoms with van der Waals surface area (Å²) in [6, 6.07) is 17.6. The summed E-state index contributed by atoms with van der Waals surface area (Å²) < 4.78 is 11.4. The molecule has 40 heavy (non-hydrogen) atoms. The molecule has 9 nitrogen and oxygen atoms in total. The number of carbonyl (C=O) groups excluding carboxylic acids is 3. The maximum Gasteiger partial charge on any atom is 0.250 e. The van der Waals surface area contributed by atoms with Crippen molar-refractivity contribution >= 4 is 51.6 Å². The van der Waals surface area contributed by atoms with E-state index in [9.17, 15) is 14.4 Å². The number of nitrogens with zero attached hydrogens (tertiary/aromatic N) is 1. The fraction of sp³-hybridized carbons (Fsp3) is 0.233. The standard InChI is InChI=1S/C30H23ClN4O5/c31-16-5-7-21-19(12-16)30(29(38)33-21)26-25(22(34-30)11-15-14-32-20-4-2-1-3-18(15)20)27(36)35(28(26)37)17-6-8-23-24(13-17)40-10-9-39-23/h1-8,12-14,22,25-26,32,34H,9-11H2,(H,33,38)/t22-,25+,26-,30-/m0/s1. The molecule has 4 aliphatic heterocycles. The van der Waals surface area contributed by atoms with Gasteiger partial charge >= 0.3 is 0 Å². The predicted molar refractivity (Wildman–Crippen MR) is 148 cm³/mol. The third-order valence-electron chi connectivity index (χ3n) is 8.58. The van der Waals surface area contributed by atoms with E-state index in [1.807, 2.05) is 30.5 Å². The summed E-state index contributed by atoms with van der Waals surface area (Å²) in [4.78, 5) is 46.8. The lowest BCUT2D eigenvalue weighted by atomic mass is 9.76. The second-order valence-corrected chi connectivity index (χ2v) is 11.0. The molecule has 4 atom stereocenters. The number of carbonyl (C=O) groups is 3. The highest BCUT2D eigenvalue weighted by Gasteiger charge is 2.70. The van der Waals surface area contributed by atoms with Gasteiger partial charge in [0.15, 0.2) is 11.5 Å². The van der Waals surface area contributed by atoms with Crippen LogP contribution in [0, 0.1) is 11.8 Å². The van der Waals surface area contributed by atoms with Crippen LogP contribution in [0.3, 0.4) is 0 Å².